The number of ether oxygens (including phenoxy) is 1. The molecule has 0 aromatic carbocycles. The highest BCUT2D eigenvalue weighted by molar-refractivity contribution is 7.10. The lowest BCUT2D eigenvalue weighted by atomic mass is 10.1. The van der Waals surface area contributed by atoms with Crippen LogP contribution >= 0.6 is 11.3 Å². The van der Waals surface area contributed by atoms with Gasteiger partial charge in [0.25, 0.3) is 5.91 Å². The van der Waals surface area contributed by atoms with Crippen LogP contribution in [0.1, 0.15) is 49.5 Å². The Hall–Kier alpha value is -2.08. The molecule has 0 bridgehead atoms. The van der Waals surface area contributed by atoms with Crippen molar-refractivity contribution in [2.24, 2.45) is 0 Å². The third kappa shape index (κ3) is 2.67. The maximum Gasteiger partial charge on any atom is 0.339 e. The third-order valence-electron chi connectivity index (χ3n) is 4.38. The average molecular weight is 332 g/mol. The molecule has 2 aromatic heterocycles. The number of aryl methyl sites for hydroxylation is 1. The average Bonchev–Trinajstić information content (AvgIpc) is 3.16. The summed E-state index contributed by atoms with van der Waals surface area (Å²) in [4.78, 5) is 31.2. The van der Waals surface area contributed by atoms with E-state index in [1.165, 1.54) is 17.6 Å². The van der Waals surface area contributed by atoms with E-state index in [1.54, 1.807) is 18.3 Å². The molecule has 0 saturated heterocycles. The van der Waals surface area contributed by atoms with E-state index in [1.807, 2.05) is 11.8 Å². The van der Waals surface area contributed by atoms with Crippen molar-refractivity contribution < 1.29 is 14.3 Å². The number of aromatic amines is 1. The van der Waals surface area contributed by atoms with Gasteiger partial charge in [-0.05, 0) is 42.3 Å². The highest BCUT2D eigenvalue weighted by Crippen LogP contribution is 2.27. The van der Waals surface area contributed by atoms with E-state index in [2.05, 4.69) is 16.4 Å². The molecule has 1 amide bonds. The lowest BCUT2D eigenvalue weighted by Crippen LogP contribution is -2.35. The van der Waals surface area contributed by atoms with Crippen LogP contribution in [-0.2, 0) is 24.1 Å². The zero-order chi connectivity index (χ0) is 16.6. The van der Waals surface area contributed by atoms with Crippen molar-refractivity contribution in [2.45, 2.75) is 33.2 Å². The van der Waals surface area contributed by atoms with E-state index in [0.717, 1.165) is 12.1 Å². The zero-order valence-electron chi connectivity index (χ0n) is 13.6. The number of esters is 1. The Morgan fingerprint density at radius 2 is 2.22 bits per heavy atom. The van der Waals surface area contributed by atoms with Crippen molar-refractivity contribution in [2.75, 3.05) is 13.7 Å². The Morgan fingerprint density at radius 1 is 1.43 bits per heavy atom. The molecule has 3 rings (SSSR count). The number of hydrogen-bond donors (Lipinski definition) is 1. The molecule has 1 aliphatic heterocycles. The van der Waals surface area contributed by atoms with E-state index in [9.17, 15) is 9.59 Å². The van der Waals surface area contributed by atoms with Gasteiger partial charge in [0.2, 0.25) is 0 Å². The number of amides is 1. The van der Waals surface area contributed by atoms with E-state index in [0.29, 0.717) is 36.3 Å². The number of methoxy groups -OCH3 is 1. The molecule has 0 spiro atoms. The van der Waals surface area contributed by atoms with Gasteiger partial charge in [0.15, 0.2) is 0 Å². The van der Waals surface area contributed by atoms with E-state index in [-0.39, 0.29) is 5.91 Å². The van der Waals surface area contributed by atoms with Gasteiger partial charge in [0, 0.05) is 23.7 Å². The smallest absolute Gasteiger partial charge is 0.339 e. The number of H-pyrrole nitrogens is 1. The molecule has 6 heteroatoms. The van der Waals surface area contributed by atoms with Crippen LogP contribution in [0.3, 0.4) is 0 Å². The van der Waals surface area contributed by atoms with Gasteiger partial charge in [0.05, 0.1) is 12.7 Å². The molecule has 0 fully saturated rings. The van der Waals surface area contributed by atoms with Crippen LogP contribution in [0.15, 0.2) is 11.4 Å². The van der Waals surface area contributed by atoms with Crippen molar-refractivity contribution in [1.82, 2.24) is 9.88 Å². The molecular weight excluding hydrogens is 312 g/mol. The van der Waals surface area contributed by atoms with Crippen LogP contribution in [0.4, 0.5) is 0 Å². The SMILES string of the molecule is CCc1[nH]c(C(=O)N2CCc3sccc3C2)c(C)c1C(=O)OC. The van der Waals surface area contributed by atoms with Crippen molar-refractivity contribution >= 4 is 23.2 Å². The monoisotopic (exact) mass is 332 g/mol. The fourth-order valence-corrected chi connectivity index (χ4v) is 3.99. The number of carbonyl (C=O) groups is 2. The van der Waals surface area contributed by atoms with Crippen LogP contribution in [0.2, 0.25) is 0 Å². The van der Waals surface area contributed by atoms with Crippen molar-refractivity contribution in [3.05, 3.63) is 44.4 Å². The second kappa shape index (κ2) is 6.20. The summed E-state index contributed by atoms with van der Waals surface area (Å²) in [6.45, 7) is 5.09. The van der Waals surface area contributed by atoms with Crippen LogP contribution in [0, 0.1) is 6.92 Å². The summed E-state index contributed by atoms with van der Waals surface area (Å²) in [5, 5.41) is 2.07. The molecule has 1 aliphatic rings. The number of thiophene rings is 1. The van der Waals surface area contributed by atoms with Gasteiger partial charge >= 0.3 is 5.97 Å². The predicted octanol–water partition coefficient (Wildman–Crippen LogP) is 2.93. The first-order valence-corrected chi connectivity index (χ1v) is 8.59. The first-order chi connectivity index (χ1) is 11.1. The Balaban J connectivity index is 1.91. The van der Waals surface area contributed by atoms with Gasteiger partial charge in [0.1, 0.15) is 5.69 Å². The highest BCUT2D eigenvalue weighted by atomic mass is 32.1. The fraction of sp³-hybridized carbons (Fsp3) is 0.412. The van der Waals surface area contributed by atoms with Crippen molar-refractivity contribution in [3.8, 4) is 0 Å². The molecule has 0 aliphatic carbocycles. The minimum Gasteiger partial charge on any atom is -0.465 e. The molecule has 0 unspecified atom stereocenters. The maximum atomic E-state index is 12.9. The molecule has 3 heterocycles. The first kappa shape index (κ1) is 15.8. The van der Waals surface area contributed by atoms with Gasteiger partial charge in [-0.25, -0.2) is 4.79 Å². The van der Waals surface area contributed by atoms with Crippen LogP contribution in [0.5, 0.6) is 0 Å². The molecule has 0 atom stereocenters. The minimum atomic E-state index is -0.395. The normalized spacial score (nSPS) is 13.8. The first-order valence-electron chi connectivity index (χ1n) is 7.71. The van der Waals surface area contributed by atoms with Gasteiger partial charge in [-0.1, -0.05) is 6.92 Å². The molecule has 2 aromatic rings. The molecule has 23 heavy (non-hydrogen) atoms. The van der Waals surface area contributed by atoms with Crippen molar-refractivity contribution in [3.63, 3.8) is 0 Å². The molecular formula is C17H20N2O3S. The Labute approximate surface area is 139 Å². The predicted molar refractivity (Wildman–Crippen MR) is 89.0 cm³/mol. The van der Waals surface area contributed by atoms with Crippen LogP contribution < -0.4 is 0 Å². The van der Waals surface area contributed by atoms with Gasteiger partial charge in [-0.15, -0.1) is 11.3 Å². The van der Waals surface area contributed by atoms with Gasteiger partial charge in [-0.3, -0.25) is 4.79 Å². The summed E-state index contributed by atoms with van der Waals surface area (Å²) >= 11 is 1.75. The summed E-state index contributed by atoms with van der Waals surface area (Å²) < 4.78 is 4.85. The number of carbonyl (C=O) groups excluding carboxylic acids is 2. The van der Waals surface area contributed by atoms with E-state index >= 15 is 0 Å². The number of nitrogens with one attached hydrogen (secondary N) is 1. The maximum absolute atomic E-state index is 12.9. The summed E-state index contributed by atoms with van der Waals surface area (Å²) in [5.41, 5.74) is 3.65. The molecule has 122 valence electrons. The van der Waals surface area contributed by atoms with Gasteiger partial charge in [-0.2, -0.15) is 0 Å². The number of rotatable bonds is 3. The van der Waals surface area contributed by atoms with E-state index < -0.39 is 5.97 Å². The third-order valence-corrected chi connectivity index (χ3v) is 5.40. The summed E-state index contributed by atoms with van der Waals surface area (Å²) in [7, 11) is 1.36. The fourth-order valence-electron chi connectivity index (χ4n) is 3.10. The Bertz CT molecular complexity index is 760. The van der Waals surface area contributed by atoms with Crippen LogP contribution in [0.25, 0.3) is 0 Å². The zero-order valence-corrected chi connectivity index (χ0v) is 14.4. The summed E-state index contributed by atoms with van der Waals surface area (Å²) in [5.74, 6) is -0.447. The molecule has 5 nitrogen and oxygen atoms in total. The quantitative estimate of drug-likeness (QED) is 0.879. The summed E-state index contributed by atoms with van der Waals surface area (Å²) in [6, 6.07) is 2.08. The Kier molecular flexibility index (Phi) is 4.26. The standard InChI is InChI=1S/C17H20N2O3S/c1-4-12-14(17(21)22-3)10(2)15(18-12)16(20)19-7-5-13-11(9-19)6-8-23-13/h6,8,18H,4-5,7,9H2,1-3H3. The minimum absolute atomic E-state index is 0.0517. The largest absolute Gasteiger partial charge is 0.465 e. The number of nitrogens with zero attached hydrogens (tertiary/aromatic N) is 1. The number of hydrogen-bond acceptors (Lipinski definition) is 4. The van der Waals surface area contributed by atoms with Gasteiger partial charge < -0.3 is 14.6 Å². The highest BCUT2D eigenvalue weighted by Gasteiger charge is 2.28. The molecule has 0 saturated carbocycles. The number of fused-ring (bicyclic) bond motifs is 1. The molecule has 1 N–H and O–H groups in total. The Morgan fingerprint density at radius 3 is 2.91 bits per heavy atom. The lowest BCUT2D eigenvalue weighted by Gasteiger charge is -2.26. The van der Waals surface area contributed by atoms with Crippen molar-refractivity contribution in [1.29, 1.82) is 0 Å². The van der Waals surface area contributed by atoms with Crippen LogP contribution in [-0.4, -0.2) is 35.4 Å². The molecule has 0 radical (unpaired) electrons. The lowest BCUT2D eigenvalue weighted by molar-refractivity contribution is 0.0599. The second-order valence-electron chi connectivity index (χ2n) is 5.67. The van der Waals surface area contributed by atoms with E-state index in [4.69, 9.17) is 4.74 Å². The number of aromatic nitrogens is 1. The topological polar surface area (TPSA) is 62.4 Å². The second-order valence-corrected chi connectivity index (χ2v) is 6.67. The summed E-state index contributed by atoms with van der Waals surface area (Å²) in [6.07, 6.45) is 1.54.